The number of carbonyl (C=O) groups is 1. The van der Waals surface area contributed by atoms with Crippen LogP contribution in [0, 0.1) is 0 Å². The highest BCUT2D eigenvalue weighted by Gasteiger charge is 2.25. The predicted octanol–water partition coefficient (Wildman–Crippen LogP) is 2.50. The van der Waals surface area contributed by atoms with Gasteiger partial charge in [0.05, 0.1) is 5.69 Å². The molecule has 112 valence electrons. The standard InChI is InChI=1S/C14H23N3O2S/c1-9(2)11-12(13(18)19)20-14(15-11)17-7-5-16(6-8-17)10(3)4/h9-10H,5-8H2,1-4H3,(H,18,19). The third kappa shape index (κ3) is 3.12. The molecule has 5 nitrogen and oxygen atoms in total. The number of rotatable bonds is 4. The van der Waals surface area contributed by atoms with Crippen LogP contribution in [0.4, 0.5) is 5.13 Å². The number of carboxylic acid groups (broad SMARTS) is 1. The van der Waals surface area contributed by atoms with Crippen molar-refractivity contribution >= 4 is 22.4 Å². The molecule has 1 fully saturated rings. The van der Waals surface area contributed by atoms with Crippen molar-refractivity contribution in [3.05, 3.63) is 10.6 Å². The number of carboxylic acids is 1. The summed E-state index contributed by atoms with van der Waals surface area (Å²) >= 11 is 1.31. The lowest BCUT2D eigenvalue weighted by atomic mass is 10.1. The normalized spacial score (nSPS) is 17.2. The quantitative estimate of drug-likeness (QED) is 0.925. The van der Waals surface area contributed by atoms with Crippen LogP contribution in [0.5, 0.6) is 0 Å². The van der Waals surface area contributed by atoms with Gasteiger partial charge in [-0.25, -0.2) is 9.78 Å². The van der Waals surface area contributed by atoms with E-state index in [1.807, 2.05) is 13.8 Å². The fraction of sp³-hybridized carbons (Fsp3) is 0.714. The van der Waals surface area contributed by atoms with Crippen LogP contribution in [0.15, 0.2) is 0 Å². The molecule has 0 aromatic carbocycles. The first-order valence-corrected chi connectivity index (χ1v) is 7.94. The molecule has 1 aliphatic heterocycles. The molecule has 2 rings (SSSR count). The SMILES string of the molecule is CC(C)c1nc(N2CCN(C(C)C)CC2)sc1C(=O)O. The Morgan fingerprint density at radius 2 is 1.80 bits per heavy atom. The van der Waals surface area contributed by atoms with E-state index in [0.29, 0.717) is 16.6 Å². The zero-order chi connectivity index (χ0) is 14.9. The molecule has 0 atom stereocenters. The zero-order valence-corrected chi connectivity index (χ0v) is 13.4. The Balaban J connectivity index is 2.14. The molecule has 1 aliphatic rings. The lowest BCUT2D eigenvalue weighted by Gasteiger charge is -2.36. The number of thiazole rings is 1. The first-order valence-electron chi connectivity index (χ1n) is 7.13. The highest BCUT2D eigenvalue weighted by atomic mass is 32.1. The van der Waals surface area contributed by atoms with Crippen molar-refractivity contribution < 1.29 is 9.90 Å². The van der Waals surface area contributed by atoms with Gasteiger partial charge in [0.2, 0.25) is 0 Å². The predicted molar refractivity (Wildman–Crippen MR) is 82.1 cm³/mol. The largest absolute Gasteiger partial charge is 0.477 e. The molecule has 0 bridgehead atoms. The molecule has 0 amide bonds. The molecule has 0 radical (unpaired) electrons. The van der Waals surface area contributed by atoms with Gasteiger partial charge in [-0.1, -0.05) is 25.2 Å². The van der Waals surface area contributed by atoms with Crippen molar-refractivity contribution in [1.29, 1.82) is 0 Å². The summed E-state index contributed by atoms with van der Waals surface area (Å²) in [6.07, 6.45) is 0. The minimum absolute atomic E-state index is 0.142. The van der Waals surface area contributed by atoms with E-state index in [1.54, 1.807) is 0 Å². The molecule has 1 N–H and O–H groups in total. The summed E-state index contributed by atoms with van der Waals surface area (Å²) in [7, 11) is 0. The van der Waals surface area contributed by atoms with Crippen molar-refractivity contribution in [2.75, 3.05) is 31.1 Å². The topological polar surface area (TPSA) is 56.7 Å². The fourth-order valence-electron chi connectivity index (χ4n) is 2.43. The number of aromatic nitrogens is 1. The second kappa shape index (κ2) is 6.10. The Bertz CT molecular complexity index is 477. The van der Waals surface area contributed by atoms with Gasteiger partial charge in [0.25, 0.3) is 0 Å². The van der Waals surface area contributed by atoms with Crippen LogP contribution in [0.2, 0.25) is 0 Å². The van der Waals surface area contributed by atoms with Crippen molar-refractivity contribution in [3.8, 4) is 0 Å². The minimum Gasteiger partial charge on any atom is -0.477 e. The second-order valence-electron chi connectivity index (χ2n) is 5.79. The highest BCUT2D eigenvalue weighted by Crippen LogP contribution is 2.31. The summed E-state index contributed by atoms with van der Waals surface area (Å²) in [6, 6.07) is 0.564. The first kappa shape index (κ1) is 15.3. The summed E-state index contributed by atoms with van der Waals surface area (Å²) in [5.74, 6) is -0.721. The van der Waals surface area contributed by atoms with Crippen molar-refractivity contribution in [1.82, 2.24) is 9.88 Å². The molecule has 1 aromatic rings. The van der Waals surface area contributed by atoms with E-state index in [0.717, 1.165) is 31.3 Å². The molecule has 0 saturated carbocycles. The third-order valence-electron chi connectivity index (χ3n) is 3.70. The van der Waals surface area contributed by atoms with E-state index in [9.17, 15) is 9.90 Å². The van der Waals surface area contributed by atoms with E-state index in [-0.39, 0.29) is 5.92 Å². The number of aromatic carboxylic acids is 1. The van der Waals surface area contributed by atoms with Crippen LogP contribution in [-0.4, -0.2) is 53.2 Å². The Hall–Kier alpha value is -1.14. The van der Waals surface area contributed by atoms with Crippen LogP contribution in [-0.2, 0) is 0 Å². The van der Waals surface area contributed by atoms with Gasteiger partial charge < -0.3 is 10.0 Å². The van der Waals surface area contributed by atoms with E-state index in [2.05, 4.69) is 28.6 Å². The fourth-order valence-corrected chi connectivity index (χ4v) is 3.54. The van der Waals surface area contributed by atoms with Gasteiger partial charge in [-0.2, -0.15) is 0 Å². The lowest BCUT2D eigenvalue weighted by molar-refractivity contribution is 0.0700. The number of piperazine rings is 1. The number of nitrogens with zero attached hydrogens (tertiary/aromatic N) is 3. The van der Waals surface area contributed by atoms with Crippen LogP contribution in [0.1, 0.15) is 49.0 Å². The summed E-state index contributed by atoms with van der Waals surface area (Å²) in [4.78, 5) is 20.9. The lowest BCUT2D eigenvalue weighted by Crippen LogP contribution is -2.48. The Morgan fingerprint density at radius 1 is 1.20 bits per heavy atom. The van der Waals surface area contributed by atoms with E-state index in [4.69, 9.17) is 0 Å². The summed E-state index contributed by atoms with van der Waals surface area (Å²) < 4.78 is 0. The summed E-state index contributed by atoms with van der Waals surface area (Å²) in [5, 5.41) is 10.1. The van der Waals surface area contributed by atoms with Gasteiger partial charge in [0.15, 0.2) is 5.13 Å². The molecule has 1 saturated heterocycles. The van der Waals surface area contributed by atoms with Crippen LogP contribution >= 0.6 is 11.3 Å². The van der Waals surface area contributed by atoms with Gasteiger partial charge in [-0.15, -0.1) is 0 Å². The number of hydrogen-bond acceptors (Lipinski definition) is 5. The van der Waals surface area contributed by atoms with Crippen LogP contribution in [0.3, 0.4) is 0 Å². The molecule has 0 aliphatic carbocycles. The molecular weight excluding hydrogens is 274 g/mol. The van der Waals surface area contributed by atoms with E-state index < -0.39 is 5.97 Å². The molecule has 20 heavy (non-hydrogen) atoms. The Kier molecular flexibility index (Phi) is 4.65. The van der Waals surface area contributed by atoms with Crippen LogP contribution < -0.4 is 4.90 Å². The van der Waals surface area contributed by atoms with Crippen molar-refractivity contribution in [2.45, 2.75) is 39.7 Å². The maximum absolute atomic E-state index is 11.3. The maximum Gasteiger partial charge on any atom is 0.347 e. The second-order valence-corrected chi connectivity index (χ2v) is 6.76. The Morgan fingerprint density at radius 3 is 2.20 bits per heavy atom. The van der Waals surface area contributed by atoms with Crippen molar-refractivity contribution in [2.24, 2.45) is 0 Å². The van der Waals surface area contributed by atoms with E-state index >= 15 is 0 Å². The molecule has 0 spiro atoms. The van der Waals surface area contributed by atoms with Crippen LogP contribution in [0.25, 0.3) is 0 Å². The Labute approximate surface area is 124 Å². The number of anilines is 1. The van der Waals surface area contributed by atoms with Gasteiger partial charge in [0, 0.05) is 32.2 Å². The first-order chi connectivity index (χ1) is 9.40. The van der Waals surface area contributed by atoms with Gasteiger partial charge in [-0.05, 0) is 19.8 Å². The zero-order valence-electron chi connectivity index (χ0n) is 12.6. The van der Waals surface area contributed by atoms with Crippen molar-refractivity contribution in [3.63, 3.8) is 0 Å². The smallest absolute Gasteiger partial charge is 0.347 e. The molecule has 0 unspecified atom stereocenters. The molecule has 6 heteroatoms. The number of hydrogen-bond donors (Lipinski definition) is 1. The highest BCUT2D eigenvalue weighted by molar-refractivity contribution is 7.17. The maximum atomic E-state index is 11.3. The molecular formula is C14H23N3O2S. The molecule has 1 aromatic heterocycles. The minimum atomic E-state index is -0.863. The van der Waals surface area contributed by atoms with E-state index in [1.165, 1.54) is 11.3 Å². The average Bonchev–Trinajstić information content (AvgIpc) is 2.84. The van der Waals surface area contributed by atoms with Gasteiger partial charge in [-0.3, -0.25) is 4.90 Å². The summed E-state index contributed by atoms with van der Waals surface area (Å²) in [6.45, 7) is 12.2. The summed E-state index contributed by atoms with van der Waals surface area (Å²) in [5.41, 5.74) is 0.712. The van der Waals surface area contributed by atoms with Gasteiger partial charge in [0.1, 0.15) is 4.88 Å². The monoisotopic (exact) mass is 297 g/mol. The average molecular weight is 297 g/mol. The third-order valence-corrected chi connectivity index (χ3v) is 4.82. The van der Waals surface area contributed by atoms with Gasteiger partial charge >= 0.3 is 5.97 Å². The molecule has 2 heterocycles.